The lowest BCUT2D eigenvalue weighted by atomic mass is 9.59. The van der Waals surface area contributed by atoms with E-state index in [4.69, 9.17) is 9.47 Å². The van der Waals surface area contributed by atoms with Crippen molar-refractivity contribution in [2.75, 3.05) is 11.9 Å². The molecule has 6 fully saturated rings. The van der Waals surface area contributed by atoms with Gasteiger partial charge >= 0.3 is 11.9 Å². The van der Waals surface area contributed by atoms with Gasteiger partial charge in [-0.05, 0) is 24.5 Å². The van der Waals surface area contributed by atoms with E-state index >= 15 is 0 Å². The fourth-order valence-corrected chi connectivity index (χ4v) is 8.83. The van der Waals surface area contributed by atoms with Gasteiger partial charge in [-0.2, -0.15) is 0 Å². The van der Waals surface area contributed by atoms with Crippen molar-refractivity contribution in [3.63, 3.8) is 0 Å². The van der Waals surface area contributed by atoms with Crippen LogP contribution in [0.5, 0.6) is 0 Å². The van der Waals surface area contributed by atoms with Crippen molar-refractivity contribution in [1.29, 1.82) is 0 Å². The summed E-state index contributed by atoms with van der Waals surface area (Å²) >= 11 is 0. The van der Waals surface area contributed by atoms with E-state index in [9.17, 15) is 30.0 Å². The Balaban J connectivity index is 1.51. The number of carbonyl (C=O) groups excluding carboxylic acids is 2. The Morgan fingerprint density at radius 2 is 1.68 bits per heavy atom. The van der Waals surface area contributed by atoms with Crippen molar-refractivity contribution in [3.05, 3.63) is 29.8 Å². The predicted molar refractivity (Wildman–Crippen MR) is 114 cm³/mol. The summed E-state index contributed by atoms with van der Waals surface area (Å²) in [5, 5.41) is 44.0. The van der Waals surface area contributed by atoms with Crippen LogP contribution in [0, 0.1) is 17.8 Å². The van der Waals surface area contributed by atoms with E-state index in [1.165, 1.54) is 0 Å². The second kappa shape index (κ2) is 6.30. The van der Waals surface area contributed by atoms with Crippen molar-refractivity contribution in [2.45, 2.75) is 73.6 Å². The molecule has 4 unspecified atom stereocenters. The minimum atomic E-state index is -2.07. The number of esters is 2. The molecule has 182 valence electrons. The van der Waals surface area contributed by atoms with Gasteiger partial charge in [0.05, 0.1) is 18.1 Å². The maximum Gasteiger partial charge on any atom is 0.341 e. The molecule has 0 amide bonds. The first-order valence-electron chi connectivity index (χ1n) is 12.0. The normalized spacial score (nSPS) is 54.1. The van der Waals surface area contributed by atoms with Crippen molar-refractivity contribution >= 4 is 17.6 Å². The molecule has 2 spiro atoms. The molecule has 1 aliphatic carbocycles. The Hall–Kier alpha value is -2.24. The average Bonchev–Trinajstić information content (AvgIpc) is 3.19. The monoisotopic (exact) mass is 472 g/mol. The molecule has 0 radical (unpaired) electrons. The molecular formula is C24H28N2O8. The number of nitrogens with zero attached hydrogens (tertiary/aromatic N) is 2. The lowest BCUT2D eigenvalue weighted by Crippen LogP contribution is -2.83. The van der Waals surface area contributed by atoms with E-state index in [0.29, 0.717) is 12.8 Å². The van der Waals surface area contributed by atoms with Crippen molar-refractivity contribution < 1.29 is 39.5 Å². The number of rotatable bonds is 1. The highest BCUT2D eigenvalue weighted by Gasteiger charge is 2.85. The number of piperidine rings is 4. The summed E-state index contributed by atoms with van der Waals surface area (Å²) in [6.45, 7) is 1.90. The summed E-state index contributed by atoms with van der Waals surface area (Å²) in [6, 6.07) is 6.37. The van der Waals surface area contributed by atoms with Crippen molar-refractivity contribution in [1.82, 2.24) is 4.90 Å². The van der Waals surface area contributed by atoms with Crippen molar-refractivity contribution in [2.24, 2.45) is 17.8 Å². The highest BCUT2D eigenvalue weighted by Crippen LogP contribution is 2.72. The summed E-state index contributed by atoms with van der Waals surface area (Å²) < 4.78 is 11.8. The summed E-state index contributed by atoms with van der Waals surface area (Å²) in [4.78, 5) is 29.8. The standard InChI is InChI=1S/C24H28N2O8/c1-3-9-14-13-12-8-23(19(13)29)10-6-4-5-7-11(10)25(2)17(23)18(26(12)20(9)30)24(14)33-21(31)15(27)16(28)22(32)34-24/h4-7,9,12-20,27-30H,3,8H2,1-2H3/t9-,12-,13?,14+,15?,16?,17-,18-,19-,20+,23+,24?/m0/s1. The molecule has 7 aliphatic rings. The Labute approximate surface area is 195 Å². The number of aliphatic hydroxyl groups is 4. The van der Waals surface area contributed by atoms with E-state index in [2.05, 4.69) is 0 Å². The number of hydrogen-bond acceptors (Lipinski definition) is 10. The number of hydrogen-bond donors (Lipinski definition) is 4. The van der Waals surface area contributed by atoms with Crippen LogP contribution < -0.4 is 4.90 Å². The fourth-order valence-electron chi connectivity index (χ4n) is 8.83. The molecule has 4 N–H and O–H groups in total. The third kappa shape index (κ3) is 1.97. The van der Waals surface area contributed by atoms with E-state index < -0.39 is 77.5 Å². The number of ether oxygens (including phenoxy) is 2. The third-order valence-corrected chi connectivity index (χ3v) is 9.83. The van der Waals surface area contributed by atoms with Crippen molar-refractivity contribution in [3.8, 4) is 0 Å². The fraction of sp³-hybridized carbons (Fsp3) is 0.667. The number of anilines is 1. The average molecular weight is 472 g/mol. The smallest absolute Gasteiger partial charge is 0.341 e. The Bertz CT molecular complexity index is 1090. The largest absolute Gasteiger partial charge is 0.418 e. The van der Waals surface area contributed by atoms with Crippen LogP contribution in [0.25, 0.3) is 0 Å². The molecule has 6 heterocycles. The lowest BCUT2D eigenvalue weighted by molar-refractivity contribution is -0.365. The SMILES string of the molecule is CC[C@@H]1[C@@H](O)N2[C@H]3[C@@H]4N(C)c5ccccc5[C@]45C[C@H]2C([C@@H]1C31OC(=O)C(O)C(O)C(=O)O1)[C@@H]5O. The molecule has 0 aromatic heterocycles. The van der Waals surface area contributed by atoms with Gasteiger partial charge < -0.3 is 34.8 Å². The number of para-hydroxylation sites is 1. The molecule has 34 heavy (non-hydrogen) atoms. The molecule has 1 aromatic rings. The highest BCUT2D eigenvalue weighted by atomic mass is 16.8. The molecule has 5 saturated heterocycles. The first kappa shape index (κ1) is 21.1. The zero-order valence-corrected chi connectivity index (χ0v) is 18.8. The van der Waals surface area contributed by atoms with Crippen LogP contribution in [-0.4, -0.2) is 92.8 Å². The van der Waals surface area contributed by atoms with E-state index in [0.717, 1.165) is 11.3 Å². The van der Waals surface area contributed by atoms with Gasteiger partial charge in [-0.1, -0.05) is 25.1 Å². The maximum atomic E-state index is 12.9. The minimum absolute atomic E-state index is 0.195. The molecule has 12 atom stereocenters. The third-order valence-electron chi connectivity index (χ3n) is 9.83. The first-order valence-corrected chi connectivity index (χ1v) is 12.0. The summed E-state index contributed by atoms with van der Waals surface area (Å²) in [7, 11) is 1.90. The zero-order valence-electron chi connectivity index (χ0n) is 18.8. The highest BCUT2D eigenvalue weighted by molar-refractivity contribution is 5.87. The van der Waals surface area contributed by atoms with E-state index in [1.54, 1.807) is 0 Å². The van der Waals surface area contributed by atoms with Gasteiger partial charge in [0.1, 0.15) is 12.3 Å². The molecule has 1 saturated carbocycles. The van der Waals surface area contributed by atoms with Gasteiger partial charge in [-0.15, -0.1) is 0 Å². The van der Waals surface area contributed by atoms with Crippen LogP contribution in [0.1, 0.15) is 25.3 Å². The van der Waals surface area contributed by atoms with Gasteiger partial charge in [0.25, 0.3) is 5.79 Å². The molecule has 10 heteroatoms. The number of fused-ring (bicyclic) bond motifs is 2. The van der Waals surface area contributed by atoms with Crippen LogP contribution in [-0.2, 0) is 24.5 Å². The second-order valence-electron chi connectivity index (χ2n) is 10.8. The molecule has 10 nitrogen and oxygen atoms in total. The number of likely N-dealkylation sites (N-methyl/N-ethyl adjacent to an activating group) is 1. The molecule has 6 aliphatic heterocycles. The van der Waals surface area contributed by atoms with E-state index in [1.807, 2.05) is 48.0 Å². The number of benzene rings is 1. The second-order valence-corrected chi connectivity index (χ2v) is 10.8. The Morgan fingerprint density at radius 3 is 2.32 bits per heavy atom. The number of carbonyl (C=O) groups is 2. The minimum Gasteiger partial charge on any atom is -0.418 e. The molecule has 5 bridgehead atoms. The van der Waals surface area contributed by atoms with Gasteiger partial charge in [0.2, 0.25) is 0 Å². The molecule has 8 rings (SSSR count). The molecule has 1 aromatic carbocycles. The van der Waals surface area contributed by atoms with Crippen LogP contribution in [0.15, 0.2) is 24.3 Å². The van der Waals surface area contributed by atoms with Gasteiger partial charge in [0.15, 0.2) is 12.2 Å². The van der Waals surface area contributed by atoms with Crippen LogP contribution >= 0.6 is 0 Å². The Morgan fingerprint density at radius 1 is 1.03 bits per heavy atom. The number of aliphatic hydroxyl groups excluding tert-OH is 4. The predicted octanol–water partition coefficient (Wildman–Crippen LogP) is -1.32. The van der Waals surface area contributed by atoms with Gasteiger partial charge in [-0.25, -0.2) is 9.59 Å². The zero-order chi connectivity index (χ0) is 23.9. The lowest BCUT2D eigenvalue weighted by Gasteiger charge is -2.67. The van der Waals surface area contributed by atoms with Crippen LogP contribution in [0.4, 0.5) is 5.69 Å². The van der Waals surface area contributed by atoms with E-state index in [-0.39, 0.29) is 6.04 Å². The molecular weight excluding hydrogens is 444 g/mol. The van der Waals surface area contributed by atoms with Gasteiger partial charge in [0, 0.05) is 36.0 Å². The summed E-state index contributed by atoms with van der Waals surface area (Å²) in [5.41, 5.74) is 1.23. The summed E-state index contributed by atoms with van der Waals surface area (Å²) in [6.07, 6.45) is -4.73. The van der Waals surface area contributed by atoms with Crippen LogP contribution in [0.2, 0.25) is 0 Å². The topological polar surface area (TPSA) is 140 Å². The summed E-state index contributed by atoms with van der Waals surface area (Å²) in [5.74, 6) is -5.73. The quantitative estimate of drug-likeness (QED) is 0.364. The first-order chi connectivity index (χ1) is 16.2. The van der Waals surface area contributed by atoms with Crippen LogP contribution in [0.3, 0.4) is 0 Å². The maximum absolute atomic E-state index is 12.9. The Kier molecular flexibility index (Phi) is 3.91. The van der Waals surface area contributed by atoms with Gasteiger partial charge in [-0.3, -0.25) is 4.90 Å².